The number of anilines is 1. The van der Waals surface area contributed by atoms with E-state index in [0.29, 0.717) is 11.4 Å². The van der Waals surface area contributed by atoms with Crippen LogP contribution >= 0.6 is 0 Å². The normalized spacial score (nSPS) is 18.5. The van der Waals surface area contributed by atoms with Gasteiger partial charge in [-0.3, -0.25) is 4.79 Å². The predicted octanol–water partition coefficient (Wildman–Crippen LogP) is 2.69. The van der Waals surface area contributed by atoms with Crippen molar-refractivity contribution in [3.8, 4) is 5.75 Å². The van der Waals surface area contributed by atoms with Crippen molar-refractivity contribution in [3.63, 3.8) is 0 Å². The highest BCUT2D eigenvalue weighted by Crippen LogP contribution is 2.28. The first kappa shape index (κ1) is 21.3. The van der Waals surface area contributed by atoms with E-state index in [1.807, 2.05) is 13.8 Å². The number of benzene rings is 2. The first-order chi connectivity index (χ1) is 13.6. The highest BCUT2D eigenvalue weighted by atomic mass is 32.2. The lowest BCUT2D eigenvalue weighted by molar-refractivity contribution is 0.102. The largest absolute Gasteiger partial charge is 0.489 e. The van der Waals surface area contributed by atoms with Gasteiger partial charge in [-0.1, -0.05) is 18.2 Å². The van der Waals surface area contributed by atoms with Crippen LogP contribution in [0.15, 0.2) is 53.4 Å². The Balaban J connectivity index is 1.84. The summed E-state index contributed by atoms with van der Waals surface area (Å²) >= 11 is 0. The Bertz CT molecular complexity index is 1120. The molecule has 0 bridgehead atoms. The lowest BCUT2D eigenvalue weighted by Gasteiger charge is -2.15. The van der Waals surface area contributed by atoms with E-state index in [2.05, 4.69) is 5.32 Å². The number of rotatable bonds is 6. The lowest BCUT2D eigenvalue weighted by Crippen LogP contribution is -2.23. The Morgan fingerprint density at radius 3 is 2.52 bits per heavy atom. The zero-order valence-corrected chi connectivity index (χ0v) is 17.8. The molecule has 1 atom stereocenters. The Labute approximate surface area is 170 Å². The maximum atomic E-state index is 12.8. The molecule has 1 N–H and O–H groups in total. The van der Waals surface area contributed by atoms with Crippen molar-refractivity contribution in [1.82, 2.24) is 0 Å². The van der Waals surface area contributed by atoms with Gasteiger partial charge in [0.15, 0.2) is 19.7 Å². The fraction of sp³-hybridized carbons (Fsp3) is 0.350. The topological polar surface area (TPSA) is 107 Å². The summed E-state index contributed by atoms with van der Waals surface area (Å²) in [5.74, 6) is -0.494. The molecule has 0 aromatic heterocycles. The standard InChI is InChI=1S/C20H23NO6S2/c1-14(2)27-19-9-4-3-8-18(19)21-20(22)15-6-5-7-16(12-15)29(25,26)17-10-11-28(23,24)13-17/h3-9,12,14,17H,10-11,13H2,1-2H3,(H,21,22)/t17-/m1/s1. The van der Waals surface area contributed by atoms with Crippen LogP contribution < -0.4 is 10.1 Å². The van der Waals surface area contributed by atoms with Gasteiger partial charge in [-0.15, -0.1) is 0 Å². The Kier molecular flexibility index (Phi) is 6.00. The quantitative estimate of drug-likeness (QED) is 0.745. The number of amides is 1. The van der Waals surface area contributed by atoms with Gasteiger partial charge in [0.25, 0.3) is 5.91 Å². The second-order valence-corrected chi connectivity index (χ2v) is 11.7. The zero-order chi connectivity index (χ0) is 21.2. The molecule has 1 heterocycles. The average molecular weight is 438 g/mol. The lowest BCUT2D eigenvalue weighted by atomic mass is 10.2. The van der Waals surface area contributed by atoms with Crippen LogP contribution in [0.4, 0.5) is 5.69 Å². The van der Waals surface area contributed by atoms with Gasteiger partial charge < -0.3 is 10.1 Å². The average Bonchev–Trinajstić information content (AvgIpc) is 3.03. The van der Waals surface area contributed by atoms with Crippen molar-refractivity contribution in [2.24, 2.45) is 0 Å². The van der Waals surface area contributed by atoms with Crippen LogP contribution in [0.3, 0.4) is 0 Å². The number of hydrogen-bond acceptors (Lipinski definition) is 6. The van der Waals surface area contributed by atoms with Gasteiger partial charge in [0.05, 0.1) is 33.4 Å². The summed E-state index contributed by atoms with van der Waals surface area (Å²) in [6.45, 7) is 3.74. The highest BCUT2D eigenvalue weighted by molar-refractivity contribution is 7.96. The summed E-state index contributed by atoms with van der Waals surface area (Å²) in [6, 6.07) is 12.6. The minimum atomic E-state index is -3.85. The van der Waals surface area contributed by atoms with E-state index in [1.165, 1.54) is 24.3 Å². The molecule has 1 aliphatic rings. The van der Waals surface area contributed by atoms with E-state index in [9.17, 15) is 21.6 Å². The van der Waals surface area contributed by atoms with Crippen LogP contribution in [0.25, 0.3) is 0 Å². The van der Waals surface area contributed by atoms with Crippen LogP contribution in [0.1, 0.15) is 30.6 Å². The second kappa shape index (κ2) is 8.16. The zero-order valence-electron chi connectivity index (χ0n) is 16.2. The van der Waals surface area contributed by atoms with Crippen LogP contribution in [-0.2, 0) is 19.7 Å². The van der Waals surface area contributed by atoms with Gasteiger partial charge in [-0.25, -0.2) is 16.8 Å². The van der Waals surface area contributed by atoms with Crippen molar-refractivity contribution in [3.05, 3.63) is 54.1 Å². The summed E-state index contributed by atoms with van der Waals surface area (Å²) < 4.78 is 54.6. The summed E-state index contributed by atoms with van der Waals surface area (Å²) in [4.78, 5) is 12.6. The first-order valence-electron chi connectivity index (χ1n) is 9.20. The third-order valence-electron chi connectivity index (χ3n) is 4.55. The second-order valence-electron chi connectivity index (χ2n) is 7.21. The summed E-state index contributed by atoms with van der Waals surface area (Å²) in [5.41, 5.74) is 0.632. The molecule has 0 radical (unpaired) electrons. The smallest absolute Gasteiger partial charge is 0.255 e. The fourth-order valence-electron chi connectivity index (χ4n) is 3.13. The number of sulfone groups is 2. The van der Waals surface area contributed by atoms with Crippen LogP contribution in [-0.4, -0.2) is 45.6 Å². The van der Waals surface area contributed by atoms with Gasteiger partial charge >= 0.3 is 0 Å². The molecule has 0 saturated carbocycles. The number of ether oxygens (including phenoxy) is 1. The SMILES string of the molecule is CC(C)Oc1ccccc1NC(=O)c1cccc(S(=O)(=O)[C@@H]2CCS(=O)(=O)C2)c1. The third-order valence-corrected chi connectivity index (χ3v) is 8.72. The molecule has 2 aromatic rings. The Morgan fingerprint density at radius 2 is 1.86 bits per heavy atom. The van der Waals surface area contributed by atoms with Gasteiger partial charge in [-0.2, -0.15) is 0 Å². The number of nitrogens with one attached hydrogen (secondary N) is 1. The van der Waals surface area contributed by atoms with E-state index in [4.69, 9.17) is 4.74 Å². The molecular weight excluding hydrogens is 414 g/mol. The van der Waals surface area contributed by atoms with E-state index >= 15 is 0 Å². The monoisotopic (exact) mass is 437 g/mol. The first-order valence-corrected chi connectivity index (χ1v) is 12.6. The Hall–Kier alpha value is -2.39. The van der Waals surface area contributed by atoms with E-state index < -0.39 is 30.8 Å². The molecule has 156 valence electrons. The van der Waals surface area contributed by atoms with Crippen molar-refractivity contribution in [2.75, 3.05) is 16.8 Å². The van der Waals surface area contributed by atoms with Gasteiger partial charge in [0, 0.05) is 5.56 Å². The molecule has 3 rings (SSSR count). The molecule has 1 fully saturated rings. The van der Waals surface area contributed by atoms with Crippen molar-refractivity contribution < 1.29 is 26.4 Å². The maximum Gasteiger partial charge on any atom is 0.255 e. The third kappa shape index (κ3) is 4.97. The minimum absolute atomic E-state index is 0.0565. The molecule has 29 heavy (non-hydrogen) atoms. The molecule has 0 aliphatic carbocycles. The van der Waals surface area contributed by atoms with Crippen molar-refractivity contribution >= 4 is 31.3 Å². The van der Waals surface area contributed by atoms with Crippen molar-refractivity contribution in [2.45, 2.75) is 36.5 Å². The van der Waals surface area contributed by atoms with Gasteiger partial charge in [0.2, 0.25) is 0 Å². The fourth-order valence-corrected chi connectivity index (χ4v) is 7.54. The molecule has 1 aliphatic heterocycles. The van der Waals surface area contributed by atoms with E-state index in [0.717, 1.165) is 0 Å². The molecular formula is C20H23NO6S2. The summed E-state index contributed by atoms with van der Waals surface area (Å²) in [7, 11) is -7.19. The molecule has 0 spiro atoms. The summed E-state index contributed by atoms with van der Waals surface area (Å²) in [5, 5.41) is 1.76. The van der Waals surface area contributed by atoms with Crippen molar-refractivity contribution in [1.29, 1.82) is 0 Å². The molecule has 0 unspecified atom stereocenters. The number of carbonyl (C=O) groups is 1. The molecule has 7 nitrogen and oxygen atoms in total. The predicted molar refractivity (Wildman–Crippen MR) is 111 cm³/mol. The highest BCUT2D eigenvalue weighted by Gasteiger charge is 2.38. The Morgan fingerprint density at radius 1 is 1.14 bits per heavy atom. The number of hydrogen-bond donors (Lipinski definition) is 1. The molecule has 1 amide bonds. The van der Waals surface area contributed by atoms with E-state index in [-0.39, 0.29) is 34.5 Å². The summed E-state index contributed by atoms with van der Waals surface area (Å²) in [6.07, 6.45) is -0.00899. The van der Waals surface area contributed by atoms with Crippen LogP contribution in [0, 0.1) is 0 Å². The molecule has 1 saturated heterocycles. The number of para-hydroxylation sites is 2. The van der Waals surface area contributed by atoms with Crippen LogP contribution in [0.2, 0.25) is 0 Å². The molecule has 2 aromatic carbocycles. The maximum absolute atomic E-state index is 12.8. The number of carbonyl (C=O) groups excluding carboxylic acids is 1. The molecule has 9 heteroatoms. The van der Waals surface area contributed by atoms with E-state index in [1.54, 1.807) is 24.3 Å². The minimum Gasteiger partial charge on any atom is -0.489 e. The van der Waals surface area contributed by atoms with Crippen LogP contribution in [0.5, 0.6) is 5.75 Å². The van der Waals surface area contributed by atoms with Gasteiger partial charge in [0.1, 0.15) is 5.75 Å². The van der Waals surface area contributed by atoms with Gasteiger partial charge in [-0.05, 0) is 50.6 Å².